The average molecular weight is 245 g/mol. The van der Waals surface area contributed by atoms with E-state index >= 15 is 0 Å². The molecule has 2 nitrogen and oxygen atoms in total. The van der Waals surface area contributed by atoms with Crippen LogP contribution < -0.4 is 11.1 Å². The molecule has 1 aromatic carbocycles. The Morgan fingerprint density at radius 1 is 1.33 bits per heavy atom. The second kappa shape index (κ2) is 6.05. The third kappa shape index (κ3) is 3.78. The summed E-state index contributed by atoms with van der Waals surface area (Å²) in [5.41, 5.74) is 9.13. The number of para-hydroxylation sites is 1. The van der Waals surface area contributed by atoms with Crippen LogP contribution >= 0.6 is 24.6 Å². The molecule has 0 bridgehead atoms. The maximum absolute atomic E-state index is 5.68. The number of anilines is 1. The zero-order valence-corrected chi connectivity index (χ0v) is 10.8. The third-order valence-corrected chi connectivity index (χ3v) is 2.62. The standard InChI is InChI=1S/C11H16N2S.ClH/c1-7-5-4-6-8(2)10(7)13-11(14)9(3)12;/h4-6,9H,12H2,1-3H3,(H,13,14);1H/t9-;/m0./s1. The van der Waals surface area contributed by atoms with Gasteiger partial charge in [0.25, 0.3) is 0 Å². The van der Waals surface area contributed by atoms with E-state index in [1.54, 1.807) is 0 Å². The van der Waals surface area contributed by atoms with Gasteiger partial charge in [0.1, 0.15) is 0 Å². The molecule has 0 unspecified atom stereocenters. The van der Waals surface area contributed by atoms with Gasteiger partial charge in [-0.1, -0.05) is 30.4 Å². The Balaban J connectivity index is 0.00000196. The molecule has 0 aliphatic rings. The zero-order chi connectivity index (χ0) is 10.7. The molecule has 0 radical (unpaired) electrons. The van der Waals surface area contributed by atoms with Gasteiger partial charge in [0, 0.05) is 5.69 Å². The fourth-order valence-electron chi connectivity index (χ4n) is 1.25. The highest BCUT2D eigenvalue weighted by molar-refractivity contribution is 7.80. The van der Waals surface area contributed by atoms with Crippen molar-refractivity contribution in [1.82, 2.24) is 0 Å². The number of rotatable bonds is 2. The summed E-state index contributed by atoms with van der Waals surface area (Å²) in [4.78, 5) is 0.683. The number of nitrogens with one attached hydrogen (secondary N) is 1. The Kier molecular flexibility index (Phi) is 5.80. The van der Waals surface area contributed by atoms with Gasteiger partial charge >= 0.3 is 0 Å². The molecular weight excluding hydrogens is 228 g/mol. The molecule has 0 saturated carbocycles. The number of hydrogen-bond acceptors (Lipinski definition) is 2. The summed E-state index contributed by atoms with van der Waals surface area (Å²) in [6, 6.07) is 6.03. The van der Waals surface area contributed by atoms with Crippen molar-refractivity contribution >= 4 is 35.3 Å². The molecule has 84 valence electrons. The van der Waals surface area contributed by atoms with Gasteiger partial charge in [0.15, 0.2) is 0 Å². The summed E-state index contributed by atoms with van der Waals surface area (Å²) >= 11 is 5.14. The quantitative estimate of drug-likeness (QED) is 0.786. The number of aryl methyl sites for hydroxylation is 2. The lowest BCUT2D eigenvalue weighted by Crippen LogP contribution is -2.31. The average Bonchev–Trinajstić information content (AvgIpc) is 2.11. The molecular formula is C11H17ClN2S. The van der Waals surface area contributed by atoms with E-state index in [4.69, 9.17) is 18.0 Å². The lowest BCUT2D eigenvalue weighted by molar-refractivity contribution is 0.987. The van der Waals surface area contributed by atoms with Gasteiger partial charge in [-0.3, -0.25) is 0 Å². The first-order valence-corrected chi connectivity index (χ1v) is 5.06. The van der Waals surface area contributed by atoms with Crippen molar-refractivity contribution in [2.45, 2.75) is 26.8 Å². The Morgan fingerprint density at radius 3 is 2.20 bits per heavy atom. The molecule has 4 heteroatoms. The molecule has 0 spiro atoms. The molecule has 0 aliphatic heterocycles. The van der Waals surface area contributed by atoms with Crippen LogP contribution in [0.3, 0.4) is 0 Å². The number of thiocarbonyl (C=S) groups is 1. The molecule has 0 fully saturated rings. The topological polar surface area (TPSA) is 38.0 Å². The highest BCUT2D eigenvalue weighted by atomic mass is 35.5. The summed E-state index contributed by atoms with van der Waals surface area (Å²) in [7, 11) is 0. The summed E-state index contributed by atoms with van der Waals surface area (Å²) in [6.45, 7) is 5.99. The van der Waals surface area contributed by atoms with Crippen LogP contribution in [0.4, 0.5) is 5.69 Å². The normalized spacial score (nSPS) is 11.5. The Labute approximate surface area is 103 Å². The predicted octanol–water partition coefficient (Wildman–Crippen LogP) is 2.81. The van der Waals surface area contributed by atoms with Crippen molar-refractivity contribution in [1.29, 1.82) is 0 Å². The van der Waals surface area contributed by atoms with Gasteiger partial charge in [-0.2, -0.15) is 0 Å². The van der Waals surface area contributed by atoms with Gasteiger partial charge in [0.2, 0.25) is 0 Å². The number of nitrogens with two attached hydrogens (primary N) is 1. The van der Waals surface area contributed by atoms with Crippen LogP contribution in [0.15, 0.2) is 18.2 Å². The van der Waals surface area contributed by atoms with Crippen LogP contribution in [-0.4, -0.2) is 11.0 Å². The Bertz CT molecular complexity index is 330. The van der Waals surface area contributed by atoms with E-state index in [-0.39, 0.29) is 18.4 Å². The number of benzene rings is 1. The molecule has 0 heterocycles. The summed E-state index contributed by atoms with van der Waals surface area (Å²) in [5, 5.41) is 3.18. The molecule has 1 aromatic rings. The van der Waals surface area contributed by atoms with Crippen molar-refractivity contribution in [3.63, 3.8) is 0 Å². The highest BCUT2D eigenvalue weighted by Gasteiger charge is 2.06. The van der Waals surface area contributed by atoms with Crippen LogP contribution in [0, 0.1) is 13.8 Å². The van der Waals surface area contributed by atoms with Gasteiger partial charge in [-0.05, 0) is 31.9 Å². The van der Waals surface area contributed by atoms with Gasteiger partial charge in [-0.25, -0.2) is 0 Å². The fourth-order valence-corrected chi connectivity index (χ4v) is 1.35. The van der Waals surface area contributed by atoms with Crippen LogP contribution in [-0.2, 0) is 0 Å². The van der Waals surface area contributed by atoms with E-state index in [0.717, 1.165) is 5.69 Å². The minimum absolute atomic E-state index is 0. The van der Waals surface area contributed by atoms with Crippen molar-refractivity contribution in [3.8, 4) is 0 Å². The number of halogens is 1. The third-order valence-electron chi connectivity index (χ3n) is 2.14. The lowest BCUT2D eigenvalue weighted by Gasteiger charge is -2.15. The predicted molar refractivity (Wildman–Crippen MR) is 73.0 cm³/mol. The first-order chi connectivity index (χ1) is 6.52. The van der Waals surface area contributed by atoms with E-state index in [9.17, 15) is 0 Å². The van der Waals surface area contributed by atoms with E-state index in [2.05, 4.69) is 31.3 Å². The van der Waals surface area contributed by atoms with Crippen molar-refractivity contribution in [3.05, 3.63) is 29.3 Å². The second-order valence-electron chi connectivity index (χ2n) is 3.54. The van der Waals surface area contributed by atoms with Crippen molar-refractivity contribution < 1.29 is 0 Å². The van der Waals surface area contributed by atoms with Crippen molar-refractivity contribution in [2.24, 2.45) is 5.73 Å². The maximum Gasteiger partial charge on any atom is 0.0964 e. The van der Waals surface area contributed by atoms with Crippen LogP contribution in [0.25, 0.3) is 0 Å². The molecule has 1 rings (SSSR count). The van der Waals surface area contributed by atoms with Gasteiger partial charge < -0.3 is 11.1 Å². The van der Waals surface area contributed by atoms with E-state index in [1.165, 1.54) is 11.1 Å². The minimum atomic E-state index is -0.107. The number of hydrogen-bond donors (Lipinski definition) is 2. The maximum atomic E-state index is 5.68. The summed E-state index contributed by atoms with van der Waals surface area (Å²) < 4.78 is 0. The second-order valence-corrected chi connectivity index (χ2v) is 3.98. The van der Waals surface area contributed by atoms with Crippen LogP contribution in [0.5, 0.6) is 0 Å². The molecule has 15 heavy (non-hydrogen) atoms. The van der Waals surface area contributed by atoms with Crippen LogP contribution in [0.1, 0.15) is 18.1 Å². The van der Waals surface area contributed by atoms with Gasteiger partial charge in [-0.15, -0.1) is 12.4 Å². The molecule has 0 aliphatic carbocycles. The van der Waals surface area contributed by atoms with Gasteiger partial charge in [0.05, 0.1) is 11.0 Å². The zero-order valence-electron chi connectivity index (χ0n) is 9.20. The largest absolute Gasteiger partial charge is 0.348 e. The lowest BCUT2D eigenvalue weighted by atomic mass is 10.1. The SMILES string of the molecule is Cc1cccc(C)c1NC(=S)[C@H](C)N.Cl. The minimum Gasteiger partial charge on any atom is -0.348 e. The van der Waals surface area contributed by atoms with E-state index in [1.807, 2.05) is 13.0 Å². The van der Waals surface area contributed by atoms with E-state index in [0.29, 0.717) is 4.99 Å². The summed E-state index contributed by atoms with van der Waals surface area (Å²) in [6.07, 6.45) is 0. The first-order valence-electron chi connectivity index (χ1n) is 4.65. The molecule has 0 saturated heterocycles. The smallest absolute Gasteiger partial charge is 0.0964 e. The molecule has 3 N–H and O–H groups in total. The summed E-state index contributed by atoms with van der Waals surface area (Å²) in [5.74, 6) is 0. The monoisotopic (exact) mass is 244 g/mol. The molecule has 0 amide bonds. The Morgan fingerprint density at radius 2 is 1.80 bits per heavy atom. The highest BCUT2D eigenvalue weighted by Crippen LogP contribution is 2.19. The molecule has 0 aromatic heterocycles. The first kappa shape index (κ1) is 14.4. The van der Waals surface area contributed by atoms with Crippen molar-refractivity contribution in [2.75, 3.05) is 5.32 Å². The van der Waals surface area contributed by atoms with Crippen LogP contribution in [0.2, 0.25) is 0 Å². The Hall–Kier alpha value is -0.640. The van der Waals surface area contributed by atoms with E-state index < -0.39 is 0 Å². The molecule has 1 atom stereocenters. The fraction of sp³-hybridized carbons (Fsp3) is 0.364.